The summed E-state index contributed by atoms with van der Waals surface area (Å²) in [5.41, 5.74) is -0.705. The lowest BCUT2D eigenvalue weighted by Gasteiger charge is -2.30. The van der Waals surface area contributed by atoms with Gasteiger partial charge in [-0.25, -0.2) is 8.78 Å². The number of aliphatic hydroxyl groups is 1. The molecule has 0 amide bonds. The molecule has 1 aromatic carbocycles. The minimum Gasteiger partial charge on any atom is -0.383 e. The SMILES string of the molecule is OC1(c2cc(F)cc(F)c2)CCN2CCCC21. The summed E-state index contributed by atoms with van der Waals surface area (Å²) in [6, 6.07) is 3.37. The van der Waals surface area contributed by atoms with Gasteiger partial charge in [0.25, 0.3) is 0 Å². The minimum absolute atomic E-state index is 0.0173. The van der Waals surface area contributed by atoms with Gasteiger partial charge in [-0.1, -0.05) is 0 Å². The molecule has 1 aromatic rings. The molecule has 2 saturated heterocycles. The molecule has 2 fully saturated rings. The Labute approximate surface area is 98.9 Å². The molecule has 1 N–H and O–H groups in total. The van der Waals surface area contributed by atoms with Crippen LogP contribution in [0.1, 0.15) is 24.8 Å². The summed E-state index contributed by atoms with van der Waals surface area (Å²) in [5.74, 6) is -1.24. The number of hydrogen-bond donors (Lipinski definition) is 1. The Morgan fingerprint density at radius 1 is 1.18 bits per heavy atom. The van der Waals surface area contributed by atoms with Gasteiger partial charge in [0.15, 0.2) is 0 Å². The maximum Gasteiger partial charge on any atom is 0.126 e. The highest BCUT2D eigenvalue weighted by atomic mass is 19.1. The van der Waals surface area contributed by atoms with Gasteiger partial charge in [0, 0.05) is 18.7 Å². The molecule has 2 heterocycles. The van der Waals surface area contributed by atoms with Crippen LogP contribution in [0, 0.1) is 11.6 Å². The Balaban J connectivity index is 2.02. The predicted molar refractivity (Wildman–Crippen MR) is 59.5 cm³/mol. The fourth-order valence-corrected chi connectivity index (χ4v) is 3.26. The first-order valence-electron chi connectivity index (χ1n) is 6.02. The molecule has 17 heavy (non-hydrogen) atoms. The monoisotopic (exact) mass is 239 g/mol. The molecule has 0 spiro atoms. The molecule has 0 aliphatic carbocycles. The van der Waals surface area contributed by atoms with E-state index in [4.69, 9.17) is 0 Å². The summed E-state index contributed by atoms with van der Waals surface area (Å²) < 4.78 is 26.5. The molecule has 2 aliphatic rings. The molecule has 4 heteroatoms. The maximum atomic E-state index is 13.2. The Morgan fingerprint density at radius 2 is 1.88 bits per heavy atom. The zero-order valence-electron chi connectivity index (χ0n) is 9.50. The van der Waals surface area contributed by atoms with Crippen LogP contribution >= 0.6 is 0 Å². The number of rotatable bonds is 1. The highest BCUT2D eigenvalue weighted by Gasteiger charge is 2.49. The Kier molecular flexibility index (Phi) is 2.45. The fourth-order valence-electron chi connectivity index (χ4n) is 3.26. The Hall–Kier alpha value is -1.00. The van der Waals surface area contributed by atoms with Crippen LogP contribution in [0.4, 0.5) is 8.78 Å². The van der Waals surface area contributed by atoms with E-state index in [0.717, 1.165) is 32.0 Å². The molecule has 0 radical (unpaired) electrons. The van der Waals surface area contributed by atoms with Gasteiger partial charge in [-0.3, -0.25) is 4.90 Å². The first-order valence-corrected chi connectivity index (χ1v) is 6.02. The standard InChI is InChI=1S/C13H15F2NO/c14-10-6-9(7-11(15)8-10)13(17)3-5-16-4-1-2-12(13)16/h6-8,12,17H,1-5H2. The van der Waals surface area contributed by atoms with Crippen LogP contribution in [0.25, 0.3) is 0 Å². The van der Waals surface area contributed by atoms with E-state index in [0.29, 0.717) is 12.0 Å². The number of hydrogen-bond acceptors (Lipinski definition) is 2. The van der Waals surface area contributed by atoms with Gasteiger partial charge in [0.1, 0.15) is 17.2 Å². The number of halogens is 2. The molecular formula is C13H15F2NO. The predicted octanol–water partition coefficient (Wildman–Crippen LogP) is 2.02. The summed E-state index contributed by atoms with van der Waals surface area (Å²) >= 11 is 0. The van der Waals surface area contributed by atoms with Crippen molar-refractivity contribution in [3.05, 3.63) is 35.4 Å². The molecule has 0 saturated carbocycles. The van der Waals surface area contributed by atoms with Crippen molar-refractivity contribution in [1.29, 1.82) is 0 Å². The van der Waals surface area contributed by atoms with E-state index in [1.807, 2.05) is 0 Å². The molecule has 3 rings (SSSR count). The van der Waals surface area contributed by atoms with Gasteiger partial charge in [0.05, 0.1) is 0 Å². The zero-order chi connectivity index (χ0) is 12.0. The molecule has 92 valence electrons. The first kappa shape index (κ1) is 11.1. The van der Waals surface area contributed by atoms with Gasteiger partial charge in [0.2, 0.25) is 0 Å². The van der Waals surface area contributed by atoms with Crippen molar-refractivity contribution in [1.82, 2.24) is 4.90 Å². The van der Waals surface area contributed by atoms with E-state index in [2.05, 4.69) is 4.90 Å². The fraction of sp³-hybridized carbons (Fsp3) is 0.538. The molecule has 2 atom stereocenters. The van der Waals surface area contributed by atoms with Gasteiger partial charge in [-0.2, -0.15) is 0 Å². The van der Waals surface area contributed by atoms with Crippen molar-refractivity contribution in [2.45, 2.75) is 30.9 Å². The normalized spacial score (nSPS) is 33.0. The van der Waals surface area contributed by atoms with Crippen molar-refractivity contribution >= 4 is 0 Å². The van der Waals surface area contributed by atoms with Crippen LogP contribution < -0.4 is 0 Å². The van der Waals surface area contributed by atoms with Gasteiger partial charge in [-0.15, -0.1) is 0 Å². The van der Waals surface area contributed by atoms with E-state index < -0.39 is 17.2 Å². The molecule has 2 aliphatic heterocycles. The third kappa shape index (κ3) is 1.67. The largest absolute Gasteiger partial charge is 0.383 e. The van der Waals surface area contributed by atoms with Crippen LogP contribution in [-0.2, 0) is 5.60 Å². The molecule has 0 aromatic heterocycles. The average Bonchev–Trinajstić information content (AvgIpc) is 2.82. The van der Waals surface area contributed by atoms with E-state index in [1.54, 1.807) is 0 Å². The van der Waals surface area contributed by atoms with Gasteiger partial charge < -0.3 is 5.11 Å². The van der Waals surface area contributed by atoms with Crippen molar-refractivity contribution in [3.8, 4) is 0 Å². The number of benzene rings is 1. The second kappa shape index (κ2) is 3.75. The first-order chi connectivity index (χ1) is 8.09. The highest BCUT2D eigenvalue weighted by Crippen LogP contribution is 2.43. The lowest BCUT2D eigenvalue weighted by molar-refractivity contribution is 0.00884. The quantitative estimate of drug-likeness (QED) is 0.810. The van der Waals surface area contributed by atoms with Crippen molar-refractivity contribution < 1.29 is 13.9 Å². The summed E-state index contributed by atoms with van der Waals surface area (Å²) in [5, 5.41) is 10.7. The topological polar surface area (TPSA) is 23.5 Å². The van der Waals surface area contributed by atoms with E-state index in [1.165, 1.54) is 12.1 Å². The van der Waals surface area contributed by atoms with E-state index in [9.17, 15) is 13.9 Å². The van der Waals surface area contributed by atoms with Crippen LogP contribution in [0.15, 0.2) is 18.2 Å². The van der Waals surface area contributed by atoms with Crippen LogP contribution in [0.2, 0.25) is 0 Å². The van der Waals surface area contributed by atoms with E-state index in [-0.39, 0.29) is 6.04 Å². The lowest BCUT2D eigenvalue weighted by atomic mass is 9.85. The van der Waals surface area contributed by atoms with Crippen LogP contribution in [0.5, 0.6) is 0 Å². The molecule has 0 bridgehead atoms. The number of nitrogens with zero attached hydrogens (tertiary/aromatic N) is 1. The third-order valence-electron chi connectivity index (χ3n) is 4.06. The van der Waals surface area contributed by atoms with Crippen molar-refractivity contribution in [3.63, 3.8) is 0 Å². The molecule has 2 unspecified atom stereocenters. The van der Waals surface area contributed by atoms with Gasteiger partial charge in [-0.05, 0) is 43.5 Å². The summed E-state index contributed by atoms with van der Waals surface area (Å²) in [4.78, 5) is 2.21. The number of fused-ring (bicyclic) bond motifs is 1. The maximum absolute atomic E-state index is 13.2. The van der Waals surface area contributed by atoms with Crippen LogP contribution in [0.3, 0.4) is 0 Å². The van der Waals surface area contributed by atoms with Crippen molar-refractivity contribution in [2.24, 2.45) is 0 Å². The zero-order valence-corrected chi connectivity index (χ0v) is 9.50. The second-order valence-corrected chi connectivity index (χ2v) is 5.03. The highest BCUT2D eigenvalue weighted by molar-refractivity contribution is 5.28. The summed E-state index contributed by atoms with van der Waals surface area (Å²) in [6.45, 7) is 1.78. The third-order valence-corrected chi connectivity index (χ3v) is 4.06. The minimum atomic E-state index is -1.08. The molecule has 2 nitrogen and oxygen atoms in total. The Bertz CT molecular complexity index is 431. The smallest absolute Gasteiger partial charge is 0.126 e. The average molecular weight is 239 g/mol. The summed E-state index contributed by atoms with van der Waals surface area (Å²) in [6.07, 6.45) is 2.50. The summed E-state index contributed by atoms with van der Waals surface area (Å²) in [7, 11) is 0. The second-order valence-electron chi connectivity index (χ2n) is 5.03. The lowest BCUT2D eigenvalue weighted by Crippen LogP contribution is -2.38. The van der Waals surface area contributed by atoms with Crippen molar-refractivity contribution in [2.75, 3.05) is 13.1 Å². The van der Waals surface area contributed by atoms with E-state index >= 15 is 0 Å². The molecular weight excluding hydrogens is 224 g/mol. The Morgan fingerprint density at radius 3 is 2.59 bits per heavy atom. The van der Waals surface area contributed by atoms with Crippen LogP contribution in [-0.4, -0.2) is 29.1 Å². The van der Waals surface area contributed by atoms with Gasteiger partial charge >= 0.3 is 0 Å².